The fraction of sp³-hybridized carbons (Fsp3) is 0.188. The number of carbonyl (C=O) groups is 1. The Morgan fingerprint density at radius 1 is 1.09 bits per heavy atom. The van der Waals surface area contributed by atoms with Crippen molar-refractivity contribution in [1.82, 2.24) is 5.32 Å². The summed E-state index contributed by atoms with van der Waals surface area (Å²) < 4.78 is 39.3. The second-order valence-electron chi connectivity index (χ2n) is 4.98. The van der Waals surface area contributed by atoms with E-state index in [0.717, 1.165) is 11.6 Å². The number of rotatable bonds is 4. The molecule has 1 atom stereocenters. The molecule has 0 fully saturated rings. The third-order valence-electron chi connectivity index (χ3n) is 3.20. The maximum absolute atomic E-state index is 13.4. The smallest absolute Gasteiger partial charge is 0.319 e. The molecule has 0 aliphatic heterocycles. The molecule has 0 bridgehead atoms. The molecule has 0 aromatic heterocycles. The Labute approximate surface area is 131 Å². The van der Waals surface area contributed by atoms with Crippen LogP contribution in [0.5, 0.6) is 0 Å². The predicted molar refractivity (Wildman–Crippen MR) is 79.5 cm³/mol. The molecule has 3 N–H and O–H groups in total. The Kier molecular flexibility index (Phi) is 5.23. The molecule has 2 aromatic carbocycles. The Bertz CT molecular complexity index is 705. The minimum absolute atomic E-state index is 0.125. The van der Waals surface area contributed by atoms with Crippen molar-refractivity contribution in [1.29, 1.82) is 0 Å². The summed E-state index contributed by atoms with van der Waals surface area (Å²) >= 11 is 0. The fourth-order valence-electron chi connectivity index (χ4n) is 1.88. The van der Waals surface area contributed by atoms with Crippen molar-refractivity contribution >= 4 is 11.7 Å². The van der Waals surface area contributed by atoms with Crippen molar-refractivity contribution in [2.45, 2.75) is 13.0 Å². The number of anilines is 1. The van der Waals surface area contributed by atoms with Crippen molar-refractivity contribution in [3.63, 3.8) is 0 Å². The van der Waals surface area contributed by atoms with Crippen LogP contribution in [0.15, 0.2) is 36.4 Å². The Morgan fingerprint density at radius 2 is 1.74 bits per heavy atom. The van der Waals surface area contributed by atoms with Crippen LogP contribution < -0.4 is 10.6 Å². The predicted octanol–water partition coefficient (Wildman–Crippen LogP) is 3.27. The first kappa shape index (κ1) is 16.8. The van der Waals surface area contributed by atoms with Crippen molar-refractivity contribution in [3.05, 3.63) is 65.0 Å². The van der Waals surface area contributed by atoms with Gasteiger partial charge in [-0.2, -0.15) is 0 Å². The summed E-state index contributed by atoms with van der Waals surface area (Å²) in [5.74, 6) is -4.50. The molecule has 2 amide bonds. The van der Waals surface area contributed by atoms with Gasteiger partial charge in [0.05, 0.1) is 11.8 Å². The number of hydrogen-bond donors (Lipinski definition) is 3. The number of aliphatic hydroxyl groups excluding tert-OH is 1. The third-order valence-corrected chi connectivity index (χ3v) is 3.20. The van der Waals surface area contributed by atoms with Gasteiger partial charge in [0.15, 0.2) is 17.5 Å². The Balaban J connectivity index is 1.93. The van der Waals surface area contributed by atoms with Crippen molar-refractivity contribution < 1.29 is 23.1 Å². The van der Waals surface area contributed by atoms with Crippen LogP contribution in [0.2, 0.25) is 0 Å². The van der Waals surface area contributed by atoms with Crippen LogP contribution in [0, 0.1) is 24.4 Å². The molecule has 0 spiro atoms. The standard InChI is InChI=1S/C16H15F3N2O2/c1-9-2-4-10(5-3-9)13(22)8-20-16(23)21-12-7-6-11(17)14(18)15(12)19/h2-7,13,22H,8H2,1H3,(H2,20,21,23)/t13-/m0/s1. The lowest BCUT2D eigenvalue weighted by atomic mass is 10.1. The van der Waals surface area contributed by atoms with Gasteiger partial charge in [-0.25, -0.2) is 18.0 Å². The number of nitrogens with one attached hydrogen (secondary N) is 2. The highest BCUT2D eigenvalue weighted by Gasteiger charge is 2.15. The number of urea groups is 1. The highest BCUT2D eigenvalue weighted by atomic mass is 19.2. The van der Waals surface area contributed by atoms with Crippen molar-refractivity contribution in [3.8, 4) is 0 Å². The first-order valence-corrected chi connectivity index (χ1v) is 6.81. The number of aryl methyl sites for hydroxylation is 1. The van der Waals surface area contributed by atoms with Gasteiger partial charge in [-0.1, -0.05) is 29.8 Å². The van der Waals surface area contributed by atoms with Gasteiger partial charge in [0.25, 0.3) is 0 Å². The van der Waals surface area contributed by atoms with Crippen LogP contribution in [-0.2, 0) is 0 Å². The van der Waals surface area contributed by atoms with Crippen LogP contribution in [0.3, 0.4) is 0 Å². The molecule has 122 valence electrons. The molecule has 0 heterocycles. The normalized spacial score (nSPS) is 11.9. The molecule has 2 aromatic rings. The van der Waals surface area contributed by atoms with E-state index in [4.69, 9.17) is 0 Å². The second-order valence-corrected chi connectivity index (χ2v) is 4.98. The van der Waals surface area contributed by atoms with Gasteiger partial charge in [-0.15, -0.1) is 0 Å². The lowest BCUT2D eigenvalue weighted by Crippen LogP contribution is -2.32. The summed E-state index contributed by atoms with van der Waals surface area (Å²) in [4.78, 5) is 11.6. The van der Waals surface area contributed by atoms with Gasteiger partial charge in [0.2, 0.25) is 0 Å². The van der Waals surface area contributed by atoms with Crippen LogP contribution in [0.1, 0.15) is 17.2 Å². The number of amides is 2. The third kappa shape index (κ3) is 4.23. The monoisotopic (exact) mass is 324 g/mol. The summed E-state index contributed by atoms with van der Waals surface area (Å²) in [6.07, 6.45) is -0.948. The summed E-state index contributed by atoms with van der Waals surface area (Å²) in [6.45, 7) is 1.78. The summed E-state index contributed by atoms with van der Waals surface area (Å²) in [7, 11) is 0. The zero-order valence-corrected chi connectivity index (χ0v) is 12.2. The van der Waals surface area contributed by atoms with E-state index in [2.05, 4.69) is 10.6 Å². The van der Waals surface area contributed by atoms with Crippen molar-refractivity contribution in [2.24, 2.45) is 0 Å². The minimum Gasteiger partial charge on any atom is -0.387 e. The van der Waals surface area contributed by atoms with Gasteiger partial charge in [0.1, 0.15) is 0 Å². The average Bonchev–Trinajstić information content (AvgIpc) is 2.54. The highest BCUT2D eigenvalue weighted by molar-refractivity contribution is 5.89. The van der Waals surface area contributed by atoms with E-state index in [0.29, 0.717) is 11.6 Å². The summed E-state index contributed by atoms with van der Waals surface area (Å²) in [5.41, 5.74) is 1.14. The molecular weight excluding hydrogens is 309 g/mol. The van der Waals surface area contributed by atoms with E-state index in [-0.39, 0.29) is 6.54 Å². The maximum Gasteiger partial charge on any atom is 0.319 e. The summed E-state index contributed by atoms with van der Waals surface area (Å²) in [5, 5.41) is 14.3. The van der Waals surface area contributed by atoms with E-state index >= 15 is 0 Å². The van der Waals surface area contributed by atoms with E-state index in [1.807, 2.05) is 19.1 Å². The molecule has 0 radical (unpaired) electrons. The average molecular weight is 324 g/mol. The quantitative estimate of drug-likeness (QED) is 0.756. The molecule has 0 aliphatic rings. The lowest BCUT2D eigenvalue weighted by molar-refractivity contribution is 0.175. The van der Waals surface area contributed by atoms with Gasteiger partial charge < -0.3 is 15.7 Å². The minimum atomic E-state index is -1.66. The Morgan fingerprint density at radius 3 is 2.39 bits per heavy atom. The lowest BCUT2D eigenvalue weighted by Gasteiger charge is -2.13. The van der Waals surface area contributed by atoms with Crippen LogP contribution in [-0.4, -0.2) is 17.7 Å². The van der Waals surface area contributed by atoms with Crippen LogP contribution in [0.4, 0.5) is 23.7 Å². The van der Waals surface area contributed by atoms with E-state index in [1.54, 1.807) is 12.1 Å². The Hall–Kier alpha value is -2.54. The van der Waals surface area contributed by atoms with Crippen molar-refractivity contribution in [2.75, 3.05) is 11.9 Å². The zero-order valence-electron chi connectivity index (χ0n) is 12.2. The molecule has 0 unspecified atom stereocenters. The van der Waals surface area contributed by atoms with E-state index < -0.39 is 35.3 Å². The summed E-state index contributed by atoms with van der Waals surface area (Å²) in [6, 6.07) is 7.83. The number of halogens is 3. The van der Waals surface area contributed by atoms with Gasteiger partial charge >= 0.3 is 6.03 Å². The zero-order chi connectivity index (χ0) is 17.0. The highest BCUT2D eigenvalue weighted by Crippen LogP contribution is 2.19. The number of benzene rings is 2. The van der Waals surface area contributed by atoms with Crippen LogP contribution in [0.25, 0.3) is 0 Å². The van der Waals surface area contributed by atoms with E-state index in [9.17, 15) is 23.1 Å². The van der Waals surface area contributed by atoms with Gasteiger partial charge in [-0.05, 0) is 24.6 Å². The second kappa shape index (κ2) is 7.15. The number of aliphatic hydroxyl groups is 1. The maximum atomic E-state index is 13.4. The largest absolute Gasteiger partial charge is 0.387 e. The van der Waals surface area contributed by atoms with Gasteiger partial charge in [0, 0.05) is 6.54 Å². The molecule has 7 heteroatoms. The first-order valence-electron chi connectivity index (χ1n) is 6.81. The fourth-order valence-corrected chi connectivity index (χ4v) is 1.88. The molecule has 23 heavy (non-hydrogen) atoms. The van der Waals surface area contributed by atoms with Gasteiger partial charge in [-0.3, -0.25) is 0 Å². The molecule has 4 nitrogen and oxygen atoms in total. The molecule has 0 saturated heterocycles. The molecule has 0 saturated carbocycles. The molecule has 2 rings (SSSR count). The first-order chi connectivity index (χ1) is 10.9. The number of hydrogen-bond acceptors (Lipinski definition) is 2. The topological polar surface area (TPSA) is 61.4 Å². The van der Waals surface area contributed by atoms with Crippen LogP contribution >= 0.6 is 0 Å². The molecule has 0 aliphatic carbocycles. The molecular formula is C16H15F3N2O2. The number of carbonyl (C=O) groups excluding carboxylic acids is 1. The SMILES string of the molecule is Cc1ccc([C@@H](O)CNC(=O)Nc2ccc(F)c(F)c2F)cc1. The van der Waals surface area contributed by atoms with E-state index in [1.165, 1.54) is 0 Å².